The summed E-state index contributed by atoms with van der Waals surface area (Å²) >= 11 is 0. The van der Waals surface area contributed by atoms with Crippen LogP contribution in [0.4, 0.5) is 0 Å². The molecule has 0 atom stereocenters. The highest BCUT2D eigenvalue weighted by molar-refractivity contribution is 5.32. The van der Waals surface area contributed by atoms with Gasteiger partial charge in [-0.1, -0.05) is 24.3 Å². The van der Waals surface area contributed by atoms with Gasteiger partial charge in [0.15, 0.2) is 0 Å². The molecule has 0 spiro atoms. The zero-order valence-corrected chi connectivity index (χ0v) is 8.89. The van der Waals surface area contributed by atoms with Crippen molar-refractivity contribution < 1.29 is 0 Å². The maximum atomic E-state index is 4.10. The first kappa shape index (κ1) is 9.97. The number of hydrogen-bond acceptors (Lipinski definition) is 2. The maximum Gasteiger partial charge on any atom is 0.0605 e. The summed E-state index contributed by atoms with van der Waals surface area (Å²) in [7, 11) is 0. The van der Waals surface area contributed by atoms with Crippen LogP contribution in [0.15, 0.2) is 53.0 Å². The van der Waals surface area contributed by atoms with Crippen molar-refractivity contribution in [3.8, 4) is 0 Å². The minimum Gasteiger partial charge on any atom is -0.239 e. The van der Waals surface area contributed by atoms with Crippen LogP contribution in [0.1, 0.15) is 25.7 Å². The summed E-state index contributed by atoms with van der Waals surface area (Å²) in [6.45, 7) is 3.65. The fraction of sp³-hybridized carbons (Fsp3) is 0.308. The molecule has 15 heavy (non-hydrogen) atoms. The lowest BCUT2D eigenvalue weighted by atomic mass is 10.1. The van der Waals surface area contributed by atoms with Crippen LogP contribution in [0.25, 0.3) is 0 Å². The quantitative estimate of drug-likeness (QED) is 0.503. The van der Waals surface area contributed by atoms with Gasteiger partial charge in [0.25, 0.3) is 0 Å². The molecule has 0 aromatic carbocycles. The summed E-state index contributed by atoms with van der Waals surface area (Å²) in [5, 5.41) is 6.04. The number of hydrazone groups is 1. The van der Waals surface area contributed by atoms with E-state index < -0.39 is 0 Å². The van der Waals surface area contributed by atoms with E-state index >= 15 is 0 Å². The van der Waals surface area contributed by atoms with Gasteiger partial charge in [-0.25, -0.2) is 5.01 Å². The van der Waals surface area contributed by atoms with Gasteiger partial charge in [0.1, 0.15) is 0 Å². The van der Waals surface area contributed by atoms with E-state index in [1.54, 1.807) is 0 Å². The highest BCUT2D eigenvalue weighted by atomic mass is 15.5. The maximum absolute atomic E-state index is 4.10. The molecule has 0 bridgehead atoms. The summed E-state index contributed by atoms with van der Waals surface area (Å²) in [4.78, 5) is 0. The molecule has 0 N–H and O–H groups in total. The van der Waals surface area contributed by atoms with Crippen LogP contribution in [0.5, 0.6) is 0 Å². The molecule has 0 aromatic rings. The Morgan fingerprint density at radius 1 is 1.20 bits per heavy atom. The van der Waals surface area contributed by atoms with Gasteiger partial charge < -0.3 is 0 Å². The summed E-state index contributed by atoms with van der Waals surface area (Å²) in [6.07, 6.45) is 17.3. The number of rotatable bonds is 3. The van der Waals surface area contributed by atoms with Gasteiger partial charge in [0.05, 0.1) is 5.70 Å². The molecule has 2 nitrogen and oxygen atoms in total. The zero-order chi connectivity index (χ0) is 10.5. The lowest BCUT2D eigenvalue weighted by Crippen LogP contribution is -2.16. The first-order valence-corrected chi connectivity index (χ1v) is 5.41. The summed E-state index contributed by atoms with van der Waals surface area (Å²) in [6, 6.07) is 0. The zero-order valence-electron chi connectivity index (χ0n) is 8.89. The molecule has 0 aromatic heterocycles. The third-order valence-electron chi connectivity index (χ3n) is 2.63. The van der Waals surface area contributed by atoms with Crippen molar-refractivity contribution >= 4 is 6.72 Å². The standard InChI is InChI=1S/C13H16N2/c1-14-15(12-8-4-2-5-9-12)13-10-6-3-7-11-13/h2,4,6,8,10-11H,1,3,5,7,9H2. The molecule has 78 valence electrons. The Morgan fingerprint density at radius 2 is 2.13 bits per heavy atom. The van der Waals surface area contributed by atoms with Crippen LogP contribution >= 0.6 is 0 Å². The van der Waals surface area contributed by atoms with E-state index in [0.29, 0.717) is 0 Å². The van der Waals surface area contributed by atoms with Crippen molar-refractivity contribution in [2.75, 3.05) is 0 Å². The van der Waals surface area contributed by atoms with Gasteiger partial charge in [-0.2, -0.15) is 5.10 Å². The van der Waals surface area contributed by atoms with Crippen LogP contribution < -0.4 is 0 Å². The highest BCUT2D eigenvalue weighted by Gasteiger charge is 2.12. The number of nitrogens with zero attached hydrogens (tertiary/aromatic N) is 2. The predicted molar refractivity (Wildman–Crippen MR) is 64.3 cm³/mol. The van der Waals surface area contributed by atoms with E-state index in [1.165, 1.54) is 5.70 Å². The van der Waals surface area contributed by atoms with Crippen LogP contribution in [0, 0.1) is 0 Å². The first-order valence-electron chi connectivity index (χ1n) is 5.41. The predicted octanol–water partition coefficient (Wildman–Crippen LogP) is 3.37. The summed E-state index contributed by atoms with van der Waals surface area (Å²) < 4.78 is 0. The Bertz CT molecular complexity index is 359. The van der Waals surface area contributed by atoms with E-state index in [2.05, 4.69) is 48.3 Å². The van der Waals surface area contributed by atoms with Crippen molar-refractivity contribution in [2.45, 2.75) is 25.7 Å². The van der Waals surface area contributed by atoms with Gasteiger partial charge >= 0.3 is 0 Å². The molecule has 0 unspecified atom stereocenters. The minimum atomic E-state index is 1.04. The van der Waals surface area contributed by atoms with Crippen LogP contribution in [-0.4, -0.2) is 11.7 Å². The number of hydrogen-bond donors (Lipinski definition) is 0. The Kier molecular flexibility index (Phi) is 3.18. The molecule has 0 saturated heterocycles. The molecule has 2 rings (SSSR count). The largest absolute Gasteiger partial charge is 0.239 e. The molecule has 0 heterocycles. The molecule has 0 amide bonds. The second-order valence-corrected chi connectivity index (χ2v) is 3.69. The summed E-state index contributed by atoms with van der Waals surface area (Å²) in [5.74, 6) is 0. The Balaban J connectivity index is 2.19. The van der Waals surface area contributed by atoms with Crippen LogP contribution in [0.2, 0.25) is 0 Å². The first-order chi connectivity index (χ1) is 7.42. The average molecular weight is 200 g/mol. The van der Waals surface area contributed by atoms with Gasteiger partial charge in [-0.15, -0.1) is 0 Å². The third kappa shape index (κ3) is 2.27. The monoisotopic (exact) mass is 200 g/mol. The van der Waals surface area contributed by atoms with Gasteiger partial charge in [-0.3, -0.25) is 0 Å². The molecule has 2 aliphatic rings. The van der Waals surface area contributed by atoms with E-state index in [9.17, 15) is 0 Å². The van der Waals surface area contributed by atoms with Crippen molar-refractivity contribution in [1.29, 1.82) is 0 Å². The van der Waals surface area contributed by atoms with Gasteiger partial charge in [-0.05, 0) is 37.8 Å². The molecule has 0 aliphatic heterocycles. The lowest BCUT2D eigenvalue weighted by molar-refractivity contribution is 0.447. The van der Waals surface area contributed by atoms with Crippen molar-refractivity contribution in [1.82, 2.24) is 5.01 Å². The van der Waals surface area contributed by atoms with E-state index in [4.69, 9.17) is 0 Å². The Hall–Kier alpha value is -1.57. The van der Waals surface area contributed by atoms with Crippen molar-refractivity contribution in [3.05, 3.63) is 47.9 Å². The normalized spacial score (nSPS) is 19.5. The van der Waals surface area contributed by atoms with Crippen LogP contribution in [0.3, 0.4) is 0 Å². The molecule has 2 aliphatic carbocycles. The molecular formula is C13H16N2. The van der Waals surface area contributed by atoms with E-state index in [0.717, 1.165) is 31.4 Å². The second-order valence-electron chi connectivity index (χ2n) is 3.69. The second kappa shape index (κ2) is 4.78. The molecule has 0 fully saturated rings. The third-order valence-corrected chi connectivity index (χ3v) is 2.63. The van der Waals surface area contributed by atoms with E-state index in [1.807, 2.05) is 5.01 Å². The fourth-order valence-corrected chi connectivity index (χ4v) is 1.86. The summed E-state index contributed by atoms with van der Waals surface area (Å²) in [5.41, 5.74) is 2.38. The number of allylic oxidation sites excluding steroid dienone is 7. The average Bonchev–Trinajstić information content (AvgIpc) is 2.33. The highest BCUT2D eigenvalue weighted by Crippen LogP contribution is 2.24. The van der Waals surface area contributed by atoms with E-state index in [-0.39, 0.29) is 0 Å². The molecule has 0 radical (unpaired) electrons. The lowest BCUT2D eigenvalue weighted by Gasteiger charge is -2.24. The molecule has 2 heteroatoms. The fourth-order valence-electron chi connectivity index (χ4n) is 1.86. The van der Waals surface area contributed by atoms with Crippen molar-refractivity contribution in [2.24, 2.45) is 5.10 Å². The smallest absolute Gasteiger partial charge is 0.0605 e. The Morgan fingerprint density at radius 3 is 2.73 bits per heavy atom. The van der Waals surface area contributed by atoms with Crippen LogP contribution in [-0.2, 0) is 0 Å². The topological polar surface area (TPSA) is 15.6 Å². The molecule has 0 saturated carbocycles. The van der Waals surface area contributed by atoms with Gasteiger partial charge in [0.2, 0.25) is 0 Å². The minimum absolute atomic E-state index is 1.04. The SMILES string of the molecule is C=NN(C1=CCCC=C1)C1=CC=CCC1. The molecular weight excluding hydrogens is 184 g/mol. The van der Waals surface area contributed by atoms with Crippen molar-refractivity contribution in [3.63, 3.8) is 0 Å². The Labute approximate surface area is 91.0 Å². The van der Waals surface area contributed by atoms with Gasteiger partial charge in [0, 0.05) is 12.4 Å².